The normalized spacial score (nSPS) is 28.7. The summed E-state index contributed by atoms with van der Waals surface area (Å²) in [6, 6.07) is 2.04. The van der Waals surface area contributed by atoms with Gasteiger partial charge in [-0.15, -0.1) is 11.3 Å². The maximum Gasteiger partial charge on any atom is 0.0978 e. The minimum Gasteiger partial charge on any atom is -0.381 e. The lowest BCUT2D eigenvalue weighted by Gasteiger charge is -2.27. The van der Waals surface area contributed by atoms with E-state index in [0.29, 0.717) is 0 Å². The highest BCUT2D eigenvalue weighted by molar-refractivity contribution is 7.14. The second-order valence-corrected chi connectivity index (χ2v) is 5.25. The summed E-state index contributed by atoms with van der Waals surface area (Å²) in [6.07, 6.45) is 2.84. The summed E-state index contributed by atoms with van der Waals surface area (Å²) in [6.45, 7) is 1.56. The van der Waals surface area contributed by atoms with Crippen LogP contribution < -0.4 is 5.73 Å². The van der Waals surface area contributed by atoms with Crippen molar-refractivity contribution in [3.05, 3.63) is 21.3 Å². The number of ether oxygens (including phenoxy) is 1. The summed E-state index contributed by atoms with van der Waals surface area (Å²) >= 11 is 7.66. The Hall–Kier alpha value is -0.0900. The van der Waals surface area contributed by atoms with Gasteiger partial charge in [-0.3, -0.25) is 0 Å². The summed E-state index contributed by atoms with van der Waals surface area (Å²) in [5.74, 6) is 0. The van der Waals surface area contributed by atoms with E-state index >= 15 is 0 Å². The predicted molar refractivity (Wildman–Crippen MR) is 59.9 cm³/mol. The minimum absolute atomic E-state index is 0.270. The van der Waals surface area contributed by atoms with E-state index in [0.717, 1.165) is 42.4 Å². The number of hydrogen-bond acceptors (Lipinski definition) is 3. The maximum atomic E-state index is 6.37. The number of thiophene rings is 1. The quantitative estimate of drug-likeness (QED) is 0.807. The van der Waals surface area contributed by atoms with Gasteiger partial charge in [0.05, 0.1) is 4.34 Å². The molecule has 1 aliphatic heterocycles. The van der Waals surface area contributed by atoms with Gasteiger partial charge in [0.2, 0.25) is 0 Å². The van der Waals surface area contributed by atoms with E-state index in [1.807, 2.05) is 11.4 Å². The molecule has 1 aliphatic rings. The van der Waals surface area contributed by atoms with Crippen molar-refractivity contribution in [1.29, 1.82) is 0 Å². The molecular formula is C10H14ClNOS. The Morgan fingerprint density at radius 3 is 3.00 bits per heavy atom. The van der Waals surface area contributed by atoms with Crippen molar-refractivity contribution in [3.8, 4) is 0 Å². The van der Waals surface area contributed by atoms with E-state index in [1.165, 1.54) is 0 Å². The van der Waals surface area contributed by atoms with Gasteiger partial charge < -0.3 is 10.5 Å². The highest BCUT2D eigenvalue weighted by Crippen LogP contribution is 2.36. The molecule has 1 saturated heterocycles. The number of nitrogens with two attached hydrogens (primary N) is 1. The molecule has 1 aromatic rings. The minimum atomic E-state index is -0.270. The molecule has 0 saturated carbocycles. The first-order valence-electron chi connectivity index (χ1n) is 4.82. The molecule has 78 valence electrons. The summed E-state index contributed by atoms with van der Waals surface area (Å²) in [7, 11) is 0. The zero-order chi connectivity index (χ0) is 10.0. The van der Waals surface area contributed by atoms with Crippen LogP contribution in [0.5, 0.6) is 0 Å². The Morgan fingerprint density at radius 2 is 2.29 bits per heavy atom. The van der Waals surface area contributed by atoms with Crippen LogP contribution in [0.1, 0.15) is 24.8 Å². The standard InChI is InChI=1S/C10H14ClNOS/c11-9-8(2-7-14-9)10(12)3-1-5-13-6-4-10/h2,7H,1,3-6,12H2. The average molecular weight is 232 g/mol. The number of rotatable bonds is 1. The van der Waals surface area contributed by atoms with Gasteiger partial charge in [-0.2, -0.15) is 0 Å². The molecule has 4 heteroatoms. The molecule has 0 bridgehead atoms. The third-order valence-corrected chi connectivity index (χ3v) is 3.93. The van der Waals surface area contributed by atoms with Gasteiger partial charge in [0, 0.05) is 24.3 Å². The molecule has 14 heavy (non-hydrogen) atoms. The van der Waals surface area contributed by atoms with Crippen LogP contribution >= 0.6 is 22.9 Å². The van der Waals surface area contributed by atoms with Crippen molar-refractivity contribution >= 4 is 22.9 Å². The van der Waals surface area contributed by atoms with Gasteiger partial charge in [0.25, 0.3) is 0 Å². The second kappa shape index (κ2) is 4.19. The molecule has 2 rings (SSSR count). The summed E-state index contributed by atoms with van der Waals surface area (Å²) in [5.41, 5.74) is 7.19. The van der Waals surface area contributed by atoms with Crippen LogP contribution in [0, 0.1) is 0 Å². The van der Waals surface area contributed by atoms with E-state index in [2.05, 4.69) is 0 Å². The van der Waals surface area contributed by atoms with E-state index in [-0.39, 0.29) is 5.54 Å². The van der Waals surface area contributed by atoms with Gasteiger partial charge in [0.1, 0.15) is 0 Å². The molecule has 1 atom stereocenters. The SMILES string of the molecule is NC1(c2ccsc2Cl)CCCOCC1. The third-order valence-electron chi connectivity index (χ3n) is 2.76. The fourth-order valence-corrected chi connectivity index (χ4v) is 3.02. The van der Waals surface area contributed by atoms with Crippen LogP contribution in [0.2, 0.25) is 4.34 Å². The van der Waals surface area contributed by atoms with Crippen LogP contribution in [-0.4, -0.2) is 13.2 Å². The van der Waals surface area contributed by atoms with Crippen LogP contribution in [0.4, 0.5) is 0 Å². The van der Waals surface area contributed by atoms with E-state index in [1.54, 1.807) is 11.3 Å². The van der Waals surface area contributed by atoms with Gasteiger partial charge in [0.15, 0.2) is 0 Å². The molecular weight excluding hydrogens is 218 g/mol. The summed E-state index contributed by atoms with van der Waals surface area (Å²) in [4.78, 5) is 0. The molecule has 0 amide bonds. The molecule has 0 spiro atoms. The highest BCUT2D eigenvalue weighted by atomic mass is 35.5. The van der Waals surface area contributed by atoms with Crippen molar-refractivity contribution < 1.29 is 4.74 Å². The number of hydrogen-bond donors (Lipinski definition) is 1. The van der Waals surface area contributed by atoms with Crippen molar-refractivity contribution in [3.63, 3.8) is 0 Å². The Morgan fingerprint density at radius 1 is 1.43 bits per heavy atom. The molecule has 0 aromatic carbocycles. The van der Waals surface area contributed by atoms with Crippen LogP contribution in [0.25, 0.3) is 0 Å². The van der Waals surface area contributed by atoms with Gasteiger partial charge in [-0.05, 0) is 30.7 Å². The largest absolute Gasteiger partial charge is 0.381 e. The summed E-state index contributed by atoms with van der Waals surface area (Å²) in [5, 5.41) is 2.00. The van der Waals surface area contributed by atoms with E-state index in [9.17, 15) is 0 Å². The molecule has 1 fully saturated rings. The smallest absolute Gasteiger partial charge is 0.0978 e. The van der Waals surface area contributed by atoms with E-state index in [4.69, 9.17) is 22.1 Å². The zero-order valence-corrected chi connectivity index (χ0v) is 9.53. The predicted octanol–water partition coefficient (Wildman–Crippen LogP) is 2.76. The first-order valence-corrected chi connectivity index (χ1v) is 6.08. The second-order valence-electron chi connectivity index (χ2n) is 3.73. The first kappa shape index (κ1) is 10.4. The molecule has 1 aromatic heterocycles. The molecule has 2 heterocycles. The lowest BCUT2D eigenvalue weighted by atomic mass is 9.86. The van der Waals surface area contributed by atoms with Gasteiger partial charge in [-0.1, -0.05) is 11.6 Å². The molecule has 0 aliphatic carbocycles. The van der Waals surface area contributed by atoms with Crippen molar-refractivity contribution in [2.24, 2.45) is 5.73 Å². The molecule has 2 nitrogen and oxygen atoms in total. The van der Waals surface area contributed by atoms with Crippen molar-refractivity contribution in [2.45, 2.75) is 24.8 Å². The Labute approximate surface area is 93.0 Å². The lowest BCUT2D eigenvalue weighted by molar-refractivity contribution is 0.139. The Bertz CT molecular complexity index is 305. The zero-order valence-electron chi connectivity index (χ0n) is 7.96. The van der Waals surface area contributed by atoms with Crippen molar-refractivity contribution in [2.75, 3.05) is 13.2 Å². The molecule has 1 unspecified atom stereocenters. The monoisotopic (exact) mass is 231 g/mol. The lowest BCUT2D eigenvalue weighted by Crippen LogP contribution is -2.36. The molecule has 0 radical (unpaired) electrons. The fourth-order valence-electron chi connectivity index (χ4n) is 1.89. The highest BCUT2D eigenvalue weighted by Gasteiger charge is 2.30. The fraction of sp³-hybridized carbons (Fsp3) is 0.600. The topological polar surface area (TPSA) is 35.2 Å². The van der Waals surface area contributed by atoms with Crippen LogP contribution in [-0.2, 0) is 10.3 Å². The first-order chi connectivity index (χ1) is 6.72. The van der Waals surface area contributed by atoms with Crippen LogP contribution in [0.3, 0.4) is 0 Å². The average Bonchev–Trinajstić information content (AvgIpc) is 2.46. The van der Waals surface area contributed by atoms with Crippen LogP contribution in [0.15, 0.2) is 11.4 Å². The van der Waals surface area contributed by atoms with Crippen molar-refractivity contribution in [1.82, 2.24) is 0 Å². The summed E-state index contributed by atoms with van der Waals surface area (Å²) < 4.78 is 6.24. The third kappa shape index (κ3) is 1.96. The Kier molecular flexibility index (Phi) is 3.12. The van der Waals surface area contributed by atoms with Gasteiger partial charge >= 0.3 is 0 Å². The maximum absolute atomic E-state index is 6.37. The van der Waals surface area contributed by atoms with Gasteiger partial charge in [-0.25, -0.2) is 0 Å². The van der Waals surface area contributed by atoms with E-state index < -0.39 is 0 Å². The number of halogens is 1. The molecule has 2 N–H and O–H groups in total. The Balaban J connectivity index is 2.25.